The van der Waals surface area contributed by atoms with Gasteiger partial charge in [-0.25, -0.2) is 8.42 Å². The SMILES string of the molecule is COc1ccc(OC)c(N(CC(=O)N(CCc2ccccc2)C(C)C(=O)NC2CCCC2)S(C)(=O)=O)c1. The summed E-state index contributed by atoms with van der Waals surface area (Å²) in [6, 6.07) is 13.7. The molecule has 1 N–H and O–H groups in total. The van der Waals surface area contributed by atoms with Crippen molar-refractivity contribution in [2.24, 2.45) is 0 Å². The topological polar surface area (TPSA) is 105 Å². The Bertz CT molecular complexity index is 1170. The minimum atomic E-state index is -3.89. The molecule has 1 saturated carbocycles. The number of ether oxygens (including phenoxy) is 2. The highest BCUT2D eigenvalue weighted by atomic mass is 32.2. The van der Waals surface area contributed by atoms with E-state index in [1.165, 1.54) is 25.2 Å². The summed E-state index contributed by atoms with van der Waals surface area (Å²) in [6.07, 6.45) is 5.55. The van der Waals surface area contributed by atoms with Crippen LogP contribution in [0.15, 0.2) is 48.5 Å². The Labute approximate surface area is 219 Å². The molecule has 1 unspecified atom stereocenters. The van der Waals surface area contributed by atoms with E-state index in [0.29, 0.717) is 12.2 Å². The molecule has 3 rings (SSSR count). The standard InChI is InChI=1S/C27H37N3O6S/c1-20(27(32)28-22-12-8-9-13-22)29(17-16-21-10-6-5-7-11-21)26(31)19-30(37(4,33)34)24-18-23(35-2)14-15-25(24)36-3/h5-7,10-11,14-15,18,20,22H,8-9,12-13,16-17,19H2,1-4H3,(H,28,32). The lowest BCUT2D eigenvalue weighted by molar-refractivity contribution is -0.139. The van der Waals surface area contributed by atoms with Gasteiger partial charge in [0.1, 0.15) is 24.1 Å². The maximum absolute atomic E-state index is 13.7. The molecule has 10 heteroatoms. The normalized spacial score (nSPS) is 14.6. The van der Waals surface area contributed by atoms with E-state index in [0.717, 1.165) is 41.8 Å². The van der Waals surface area contributed by atoms with Crippen LogP contribution < -0.4 is 19.1 Å². The lowest BCUT2D eigenvalue weighted by atomic mass is 10.1. The second-order valence-electron chi connectivity index (χ2n) is 9.30. The summed E-state index contributed by atoms with van der Waals surface area (Å²) < 4.78 is 37.3. The van der Waals surface area contributed by atoms with Gasteiger partial charge in [0.2, 0.25) is 21.8 Å². The molecule has 1 fully saturated rings. The van der Waals surface area contributed by atoms with E-state index >= 15 is 0 Å². The number of hydrogen-bond acceptors (Lipinski definition) is 6. The van der Waals surface area contributed by atoms with E-state index in [1.54, 1.807) is 19.1 Å². The average Bonchev–Trinajstić information content (AvgIpc) is 3.39. The predicted molar refractivity (Wildman–Crippen MR) is 143 cm³/mol. The Kier molecular flexibility index (Phi) is 9.79. The molecule has 0 bridgehead atoms. The van der Waals surface area contributed by atoms with Crippen molar-refractivity contribution in [3.05, 3.63) is 54.1 Å². The van der Waals surface area contributed by atoms with Gasteiger partial charge in [-0.2, -0.15) is 0 Å². The van der Waals surface area contributed by atoms with E-state index in [-0.39, 0.29) is 29.9 Å². The number of rotatable bonds is 12. The largest absolute Gasteiger partial charge is 0.497 e. The van der Waals surface area contributed by atoms with E-state index in [2.05, 4.69) is 5.32 Å². The van der Waals surface area contributed by atoms with Crippen LogP contribution in [0.25, 0.3) is 0 Å². The number of sulfonamides is 1. The van der Waals surface area contributed by atoms with Gasteiger partial charge in [-0.1, -0.05) is 43.2 Å². The quantitative estimate of drug-likeness (QED) is 0.452. The third kappa shape index (κ3) is 7.61. The zero-order chi connectivity index (χ0) is 27.0. The molecule has 0 radical (unpaired) electrons. The summed E-state index contributed by atoms with van der Waals surface area (Å²) in [7, 11) is -0.991. The fraction of sp³-hybridized carbons (Fsp3) is 0.481. The van der Waals surface area contributed by atoms with Gasteiger partial charge >= 0.3 is 0 Å². The molecular weight excluding hydrogens is 494 g/mol. The summed E-state index contributed by atoms with van der Waals surface area (Å²) in [5.41, 5.74) is 1.20. The van der Waals surface area contributed by atoms with Crippen molar-refractivity contribution in [2.45, 2.75) is 51.1 Å². The van der Waals surface area contributed by atoms with Crippen LogP contribution in [-0.4, -0.2) is 70.8 Å². The number of benzene rings is 2. The second kappa shape index (κ2) is 12.8. The van der Waals surface area contributed by atoms with E-state index < -0.39 is 28.5 Å². The smallest absolute Gasteiger partial charge is 0.244 e. The van der Waals surface area contributed by atoms with Crippen LogP contribution in [0.2, 0.25) is 0 Å². The molecule has 0 aliphatic heterocycles. The summed E-state index contributed by atoms with van der Waals surface area (Å²) in [4.78, 5) is 28.3. The van der Waals surface area contributed by atoms with Gasteiger partial charge in [0, 0.05) is 18.7 Å². The monoisotopic (exact) mass is 531 g/mol. The number of nitrogens with zero attached hydrogens (tertiary/aromatic N) is 2. The van der Waals surface area contributed by atoms with Crippen LogP contribution in [0.3, 0.4) is 0 Å². The first-order chi connectivity index (χ1) is 17.6. The highest BCUT2D eigenvalue weighted by Crippen LogP contribution is 2.34. The molecule has 37 heavy (non-hydrogen) atoms. The second-order valence-corrected chi connectivity index (χ2v) is 11.2. The Hall–Kier alpha value is -3.27. The Morgan fingerprint density at radius 1 is 1.05 bits per heavy atom. The molecule has 0 heterocycles. The first kappa shape index (κ1) is 28.3. The van der Waals surface area contributed by atoms with E-state index in [4.69, 9.17) is 9.47 Å². The highest BCUT2D eigenvalue weighted by molar-refractivity contribution is 7.92. The van der Waals surface area contributed by atoms with Gasteiger partial charge in [-0.05, 0) is 43.9 Å². The van der Waals surface area contributed by atoms with Gasteiger partial charge in [-0.3, -0.25) is 13.9 Å². The maximum Gasteiger partial charge on any atom is 0.244 e. The molecule has 1 aliphatic rings. The third-order valence-electron chi connectivity index (χ3n) is 6.69. The van der Waals surface area contributed by atoms with Crippen molar-refractivity contribution in [3.63, 3.8) is 0 Å². The summed E-state index contributed by atoms with van der Waals surface area (Å²) >= 11 is 0. The number of methoxy groups -OCH3 is 2. The zero-order valence-electron chi connectivity index (χ0n) is 22.0. The van der Waals surface area contributed by atoms with Crippen molar-refractivity contribution >= 4 is 27.5 Å². The molecule has 9 nitrogen and oxygen atoms in total. The molecule has 0 spiro atoms. The molecule has 2 amide bonds. The number of amides is 2. The number of carbonyl (C=O) groups is 2. The van der Waals surface area contributed by atoms with E-state index in [9.17, 15) is 18.0 Å². The molecule has 1 atom stereocenters. The van der Waals surface area contributed by atoms with Crippen LogP contribution in [-0.2, 0) is 26.0 Å². The third-order valence-corrected chi connectivity index (χ3v) is 7.81. The van der Waals surface area contributed by atoms with Gasteiger partial charge in [0.15, 0.2) is 0 Å². The fourth-order valence-electron chi connectivity index (χ4n) is 4.55. The molecule has 1 aliphatic carbocycles. The molecule has 2 aromatic carbocycles. The fourth-order valence-corrected chi connectivity index (χ4v) is 5.39. The van der Waals surface area contributed by atoms with Crippen molar-refractivity contribution in [3.8, 4) is 11.5 Å². The summed E-state index contributed by atoms with van der Waals surface area (Å²) in [6.45, 7) is 1.46. The first-order valence-corrected chi connectivity index (χ1v) is 14.3. The van der Waals surface area contributed by atoms with Gasteiger partial charge in [0.25, 0.3) is 0 Å². The summed E-state index contributed by atoms with van der Waals surface area (Å²) in [5, 5.41) is 3.06. The van der Waals surface area contributed by atoms with Crippen LogP contribution in [0.4, 0.5) is 5.69 Å². The van der Waals surface area contributed by atoms with Crippen LogP contribution in [0, 0.1) is 0 Å². The molecule has 0 aromatic heterocycles. The lowest BCUT2D eigenvalue weighted by Crippen LogP contribution is -2.53. The van der Waals surface area contributed by atoms with Crippen molar-refractivity contribution in [1.82, 2.24) is 10.2 Å². The van der Waals surface area contributed by atoms with Gasteiger partial charge < -0.3 is 19.7 Å². The minimum absolute atomic E-state index is 0.106. The molecule has 202 valence electrons. The Morgan fingerprint density at radius 2 is 1.73 bits per heavy atom. The number of nitrogens with one attached hydrogen (secondary N) is 1. The van der Waals surface area contributed by atoms with Crippen molar-refractivity contribution in [2.75, 3.05) is 37.9 Å². The average molecular weight is 532 g/mol. The summed E-state index contributed by atoms with van der Waals surface area (Å²) in [5.74, 6) is -0.0255. The van der Waals surface area contributed by atoms with Crippen molar-refractivity contribution < 1.29 is 27.5 Å². The maximum atomic E-state index is 13.7. The number of carbonyl (C=O) groups excluding carboxylic acids is 2. The van der Waals surface area contributed by atoms with Crippen LogP contribution in [0.5, 0.6) is 11.5 Å². The highest BCUT2D eigenvalue weighted by Gasteiger charge is 2.32. The minimum Gasteiger partial charge on any atom is -0.497 e. The predicted octanol–water partition coefficient (Wildman–Crippen LogP) is 2.99. The van der Waals surface area contributed by atoms with Crippen molar-refractivity contribution in [1.29, 1.82) is 0 Å². The van der Waals surface area contributed by atoms with Gasteiger partial charge in [0.05, 0.1) is 26.2 Å². The molecule has 0 saturated heterocycles. The number of hydrogen-bond donors (Lipinski definition) is 1. The lowest BCUT2D eigenvalue weighted by Gasteiger charge is -2.32. The van der Waals surface area contributed by atoms with E-state index in [1.807, 2.05) is 30.3 Å². The Balaban J connectivity index is 1.89. The number of anilines is 1. The first-order valence-electron chi connectivity index (χ1n) is 12.5. The van der Waals surface area contributed by atoms with Gasteiger partial charge in [-0.15, -0.1) is 0 Å². The Morgan fingerprint density at radius 3 is 2.32 bits per heavy atom. The zero-order valence-corrected chi connectivity index (χ0v) is 22.8. The molecule has 2 aromatic rings. The molecular formula is C27H37N3O6S. The van der Waals surface area contributed by atoms with Crippen LogP contribution in [0.1, 0.15) is 38.2 Å². The van der Waals surface area contributed by atoms with Crippen LogP contribution >= 0.6 is 0 Å².